The topological polar surface area (TPSA) is 35.5 Å². The number of rotatable bonds is 10. The molecule has 0 saturated carbocycles. The standard InChI is InChI=1S/C17H30O3/c1-4-7-9-10-13-17(12-8-5-2)14-11-15(20-17)16(18)19-6-3/h11,14-15H,4-10,12-13H2,1-3H3. The summed E-state index contributed by atoms with van der Waals surface area (Å²) in [4.78, 5) is 11.8. The Bertz CT molecular complexity index is 311. The quantitative estimate of drug-likeness (QED) is 0.338. The van der Waals surface area contributed by atoms with E-state index in [1.165, 1.54) is 19.3 Å². The van der Waals surface area contributed by atoms with Crippen LogP contribution >= 0.6 is 0 Å². The largest absolute Gasteiger partial charge is 0.464 e. The van der Waals surface area contributed by atoms with E-state index in [9.17, 15) is 4.79 Å². The maximum Gasteiger partial charge on any atom is 0.339 e. The summed E-state index contributed by atoms with van der Waals surface area (Å²) in [6.45, 7) is 6.64. The Kier molecular flexibility index (Phi) is 7.90. The van der Waals surface area contributed by atoms with E-state index >= 15 is 0 Å². The first kappa shape index (κ1) is 17.2. The van der Waals surface area contributed by atoms with Crippen LogP contribution in [0.4, 0.5) is 0 Å². The molecule has 1 aliphatic rings. The Balaban J connectivity index is 2.53. The van der Waals surface area contributed by atoms with Gasteiger partial charge in [-0.2, -0.15) is 0 Å². The third kappa shape index (κ3) is 5.28. The third-order valence-electron chi connectivity index (χ3n) is 3.86. The summed E-state index contributed by atoms with van der Waals surface area (Å²) in [5.74, 6) is -0.254. The molecule has 1 rings (SSSR count). The zero-order valence-electron chi connectivity index (χ0n) is 13.3. The van der Waals surface area contributed by atoms with E-state index in [4.69, 9.17) is 9.47 Å². The Morgan fingerprint density at radius 3 is 2.45 bits per heavy atom. The number of carbonyl (C=O) groups is 1. The zero-order chi connectivity index (χ0) is 14.8. The van der Waals surface area contributed by atoms with E-state index in [0.29, 0.717) is 6.61 Å². The minimum absolute atomic E-state index is 0.235. The van der Waals surface area contributed by atoms with Crippen molar-refractivity contribution in [1.82, 2.24) is 0 Å². The van der Waals surface area contributed by atoms with Crippen molar-refractivity contribution < 1.29 is 14.3 Å². The molecule has 116 valence electrons. The highest BCUT2D eigenvalue weighted by Crippen LogP contribution is 2.34. The van der Waals surface area contributed by atoms with E-state index in [2.05, 4.69) is 19.9 Å². The van der Waals surface area contributed by atoms with Gasteiger partial charge in [-0.25, -0.2) is 4.79 Å². The minimum Gasteiger partial charge on any atom is -0.464 e. The van der Waals surface area contributed by atoms with Crippen LogP contribution in [0.2, 0.25) is 0 Å². The molecular formula is C17H30O3. The van der Waals surface area contributed by atoms with E-state index in [-0.39, 0.29) is 11.6 Å². The fourth-order valence-electron chi connectivity index (χ4n) is 2.68. The first-order valence-corrected chi connectivity index (χ1v) is 8.21. The molecule has 0 radical (unpaired) electrons. The predicted molar refractivity (Wildman–Crippen MR) is 81.7 cm³/mol. The van der Waals surface area contributed by atoms with Gasteiger partial charge >= 0.3 is 5.97 Å². The molecule has 0 spiro atoms. The van der Waals surface area contributed by atoms with E-state index in [1.54, 1.807) is 0 Å². The van der Waals surface area contributed by atoms with Crippen LogP contribution < -0.4 is 0 Å². The summed E-state index contributed by atoms with van der Waals surface area (Å²) in [6, 6.07) is 0. The number of hydrogen-bond acceptors (Lipinski definition) is 3. The highest BCUT2D eigenvalue weighted by Gasteiger charge is 2.37. The predicted octanol–water partition coefficient (Wildman–Crippen LogP) is 4.40. The second-order valence-corrected chi connectivity index (χ2v) is 5.63. The monoisotopic (exact) mass is 282 g/mol. The highest BCUT2D eigenvalue weighted by molar-refractivity contribution is 5.77. The third-order valence-corrected chi connectivity index (χ3v) is 3.86. The summed E-state index contributed by atoms with van der Waals surface area (Å²) in [7, 11) is 0. The van der Waals surface area contributed by atoms with Crippen LogP contribution in [0.25, 0.3) is 0 Å². The van der Waals surface area contributed by atoms with Gasteiger partial charge in [-0.1, -0.05) is 58.4 Å². The molecule has 0 aromatic rings. The van der Waals surface area contributed by atoms with Crippen molar-refractivity contribution in [3.8, 4) is 0 Å². The van der Waals surface area contributed by atoms with Crippen LogP contribution in [0.1, 0.15) is 72.1 Å². The van der Waals surface area contributed by atoms with Gasteiger partial charge in [-0.15, -0.1) is 0 Å². The summed E-state index contributed by atoms with van der Waals surface area (Å²) in [5, 5.41) is 0. The minimum atomic E-state index is -0.502. The van der Waals surface area contributed by atoms with Gasteiger partial charge in [0, 0.05) is 0 Å². The van der Waals surface area contributed by atoms with Gasteiger partial charge in [0.1, 0.15) is 0 Å². The lowest BCUT2D eigenvalue weighted by Gasteiger charge is -2.29. The van der Waals surface area contributed by atoms with Crippen molar-refractivity contribution in [1.29, 1.82) is 0 Å². The van der Waals surface area contributed by atoms with E-state index < -0.39 is 6.10 Å². The van der Waals surface area contributed by atoms with Crippen molar-refractivity contribution in [2.45, 2.75) is 83.8 Å². The van der Waals surface area contributed by atoms with Gasteiger partial charge in [0.15, 0.2) is 6.10 Å². The van der Waals surface area contributed by atoms with Gasteiger partial charge < -0.3 is 9.47 Å². The molecule has 1 heterocycles. The first-order valence-electron chi connectivity index (χ1n) is 8.21. The van der Waals surface area contributed by atoms with Crippen molar-refractivity contribution >= 4 is 5.97 Å². The van der Waals surface area contributed by atoms with Crippen LogP contribution in [0, 0.1) is 0 Å². The van der Waals surface area contributed by atoms with E-state index in [1.807, 2.05) is 13.0 Å². The number of ether oxygens (including phenoxy) is 2. The molecular weight excluding hydrogens is 252 g/mol. The number of hydrogen-bond donors (Lipinski definition) is 0. The average Bonchev–Trinajstić information content (AvgIpc) is 2.87. The summed E-state index contributed by atoms with van der Waals surface area (Å²) in [5.41, 5.74) is -0.235. The molecule has 0 fully saturated rings. The first-order chi connectivity index (χ1) is 9.67. The lowest BCUT2D eigenvalue weighted by Crippen LogP contribution is -2.33. The van der Waals surface area contributed by atoms with Crippen molar-refractivity contribution in [2.75, 3.05) is 6.61 Å². The van der Waals surface area contributed by atoms with Gasteiger partial charge in [0.2, 0.25) is 0 Å². The highest BCUT2D eigenvalue weighted by atomic mass is 16.6. The van der Waals surface area contributed by atoms with E-state index in [0.717, 1.165) is 32.1 Å². The number of carbonyl (C=O) groups excluding carboxylic acids is 1. The molecule has 0 aromatic carbocycles. The molecule has 0 amide bonds. The lowest BCUT2D eigenvalue weighted by molar-refractivity contribution is -0.159. The number of unbranched alkanes of at least 4 members (excludes halogenated alkanes) is 4. The Hall–Kier alpha value is -0.830. The second-order valence-electron chi connectivity index (χ2n) is 5.63. The van der Waals surface area contributed by atoms with Gasteiger partial charge in [-0.3, -0.25) is 0 Å². The smallest absolute Gasteiger partial charge is 0.339 e. The summed E-state index contributed by atoms with van der Waals surface area (Å²) < 4.78 is 11.1. The zero-order valence-corrected chi connectivity index (χ0v) is 13.3. The molecule has 3 nitrogen and oxygen atoms in total. The van der Waals surface area contributed by atoms with Gasteiger partial charge in [-0.05, 0) is 25.8 Å². The molecule has 0 aliphatic carbocycles. The van der Waals surface area contributed by atoms with Crippen molar-refractivity contribution in [3.63, 3.8) is 0 Å². The summed E-state index contributed by atoms with van der Waals surface area (Å²) in [6.07, 6.45) is 12.7. The molecule has 0 N–H and O–H groups in total. The molecule has 2 unspecified atom stereocenters. The molecule has 3 heteroatoms. The van der Waals surface area contributed by atoms with Gasteiger partial charge in [0.25, 0.3) is 0 Å². The number of esters is 1. The second kappa shape index (κ2) is 9.17. The molecule has 0 saturated heterocycles. The normalized spacial score (nSPS) is 25.1. The van der Waals surface area contributed by atoms with Crippen molar-refractivity contribution in [2.24, 2.45) is 0 Å². The van der Waals surface area contributed by atoms with Crippen LogP contribution in [0.15, 0.2) is 12.2 Å². The van der Waals surface area contributed by atoms with Crippen LogP contribution in [0.3, 0.4) is 0 Å². The van der Waals surface area contributed by atoms with Crippen LogP contribution in [-0.4, -0.2) is 24.3 Å². The fourth-order valence-corrected chi connectivity index (χ4v) is 2.68. The average molecular weight is 282 g/mol. The molecule has 2 atom stereocenters. The van der Waals surface area contributed by atoms with Gasteiger partial charge in [0.05, 0.1) is 12.2 Å². The maximum absolute atomic E-state index is 11.8. The molecule has 0 bridgehead atoms. The Labute approximate surface area is 123 Å². The fraction of sp³-hybridized carbons (Fsp3) is 0.824. The van der Waals surface area contributed by atoms with Crippen molar-refractivity contribution in [3.05, 3.63) is 12.2 Å². The molecule has 20 heavy (non-hydrogen) atoms. The lowest BCUT2D eigenvalue weighted by atomic mass is 9.90. The molecule has 0 aromatic heterocycles. The SMILES string of the molecule is CCCCCCC1(CCCC)C=CC(C(=O)OCC)O1. The Morgan fingerprint density at radius 2 is 1.80 bits per heavy atom. The Morgan fingerprint density at radius 1 is 1.10 bits per heavy atom. The maximum atomic E-state index is 11.8. The van der Waals surface area contributed by atoms with Crippen LogP contribution in [0.5, 0.6) is 0 Å². The molecule has 1 aliphatic heterocycles. The van der Waals surface area contributed by atoms with Crippen LogP contribution in [-0.2, 0) is 14.3 Å². The summed E-state index contributed by atoms with van der Waals surface area (Å²) >= 11 is 0.